The van der Waals surface area contributed by atoms with Gasteiger partial charge in [-0.05, 0) is 24.2 Å². The van der Waals surface area contributed by atoms with Gasteiger partial charge in [-0.1, -0.05) is 27.7 Å². The summed E-state index contributed by atoms with van der Waals surface area (Å²) in [4.78, 5) is 14.6. The summed E-state index contributed by atoms with van der Waals surface area (Å²) in [5.41, 5.74) is -0.194. The molecule has 0 aromatic rings. The second-order valence-corrected chi connectivity index (χ2v) is 6.87. The SMILES string of the molecule is CC(C)CC(C)(C)C(=O)N1C[C@H]2CNC[C@H]2C1. The van der Waals surface area contributed by atoms with Gasteiger partial charge in [0.2, 0.25) is 5.91 Å². The normalized spacial score (nSPS) is 28.9. The smallest absolute Gasteiger partial charge is 0.228 e. The van der Waals surface area contributed by atoms with Gasteiger partial charge in [-0.2, -0.15) is 0 Å². The van der Waals surface area contributed by atoms with Crippen LogP contribution in [0, 0.1) is 23.2 Å². The zero-order chi connectivity index (χ0) is 12.6. The Kier molecular flexibility index (Phi) is 3.48. The number of hydrogen-bond donors (Lipinski definition) is 1. The molecule has 1 amide bonds. The van der Waals surface area contributed by atoms with E-state index in [1.165, 1.54) is 0 Å². The van der Waals surface area contributed by atoms with Crippen molar-refractivity contribution in [1.82, 2.24) is 10.2 Å². The van der Waals surface area contributed by atoms with Gasteiger partial charge in [0.1, 0.15) is 0 Å². The van der Waals surface area contributed by atoms with Gasteiger partial charge >= 0.3 is 0 Å². The van der Waals surface area contributed by atoms with Crippen molar-refractivity contribution < 1.29 is 4.79 Å². The van der Waals surface area contributed by atoms with Gasteiger partial charge in [-0.15, -0.1) is 0 Å². The van der Waals surface area contributed by atoms with Gasteiger partial charge in [-0.25, -0.2) is 0 Å². The Bertz CT molecular complexity index is 287. The van der Waals surface area contributed by atoms with Crippen LogP contribution in [0.4, 0.5) is 0 Å². The quantitative estimate of drug-likeness (QED) is 0.812. The molecule has 2 rings (SSSR count). The van der Waals surface area contributed by atoms with Crippen molar-refractivity contribution in [1.29, 1.82) is 0 Å². The van der Waals surface area contributed by atoms with E-state index in [1.54, 1.807) is 0 Å². The highest BCUT2D eigenvalue weighted by molar-refractivity contribution is 5.82. The van der Waals surface area contributed by atoms with Gasteiger partial charge in [0.15, 0.2) is 0 Å². The molecule has 2 saturated heterocycles. The van der Waals surface area contributed by atoms with Gasteiger partial charge < -0.3 is 10.2 Å². The second kappa shape index (κ2) is 4.60. The summed E-state index contributed by atoms with van der Waals surface area (Å²) in [7, 11) is 0. The molecule has 0 spiro atoms. The number of fused-ring (bicyclic) bond motifs is 1. The largest absolute Gasteiger partial charge is 0.342 e. The van der Waals surface area contributed by atoms with E-state index in [0.717, 1.165) is 32.6 Å². The summed E-state index contributed by atoms with van der Waals surface area (Å²) in [6, 6.07) is 0. The highest BCUT2D eigenvalue weighted by Gasteiger charge is 2.42. The predicted octanol–water partition coefficient (Wildman–Crippen LogP) is 1.74. The Morgan fingerprint density at radius 3 is 2.29 bits per heavy atom. The van der Waals surface area contributed by atoms with Crippen molar-refractivity contribution in [3.63, 3.8) is 0 Å². The minimum Gasteiger partial charge on any atom is -0.342 e. The Balaban J connectivity index is 1.96. The zero-order valence-electron chi connectivity index (χ0n) is 11.6. The van der Waals surface area contributed by atoms with E-state index < -0.39 is 0 Å². The molecule has 2 fully saturated rings. The standard InChI is InChI=1S/C14H26N2O/c1-10(2)5-14(3,4)13(17)16-8-11-6-15-7-12(11)9-16/h10-12,15H,5-9H2,1-4H3/t11-,12+. The topological polar surface area (TPSA) is 32.3 Å². The van der Waals surface area contributed by atoms with Crippen LogP contribution >= 0.6 is 0 Å². The van der Waals surface area contributed by atoms with Crippen molar-refractivity contribution in [2.24, 2.45) is 23.2 Å². The molecular weight excluding hydrogens is 212 g/mol. The molecule has 3 nitrogen and oxygen atoms in total. The van der Waals surface area contributed by atoms with Crippen LogP contribution in [0.1, 0.15) is 34.1 Å². The summed E-state index contributed by atoms with van der Waals surface area (Å²) in [5.74, 6) is 2.35. The molecule has 3 heteroatoms. The number of rotatable bonds is 3. The van der Waals surface area contributed by atoms with E-state index >= 15 is 0 Å². The maximum Gasteiger partial charge on any atom is 0.228 e. The van der Waals surface area contributed by atoms with Gasteiger partial charge in [0.25, 0.3) is 0 Å². The molecule has 1 N–H and O–H groups in total. The Labute approximate surface area is 105 Å². The van der Waals surface area contributed by atoms with E-state index in [0.29, 0.717) is 23.7 Å². The molecule has 0 saturated carbocycles. The highest BCUT2D eigenvalue weighted by Crippen LogP contribution is 2.33. The van der Waals surface area contributed by atoms with Crippen molar-refractivity contribution >= 4 is 5.91 Å². The maximum atomic E-state index is 12.5. The molecule has 98 valence electrons. The van der Waals surface area contributed by atoms with E-state index in [1.807, 2.05) is 0 Å². The minimum atomic E-state index is -0.194. The molecule has 2 atom stereocenters. The molecule has 0 radical (unpaired) electrons. The lowest BCUT2D eigenvalue weighted by Crippen LogP contribution is -2.41. The Morgan fingerprint density at radius 2 is 1.82 bits per heavy atom. The van der Waals surface area contributed by atoms with Crippen molar-refractivity contribution in [3.05, 3.63) is 0 Å². The lowest BCUT2D eigenvalue weighted by Gasteiger charge is -2.31. The van der Waals surface area contributed by atoms with E-state index in [9.17, 15) is 4.79 Å². The zero-order valence-corrected chi connectivity index (χ0v) is 11.6. The first-order valence-corrected chi connectivity index (χ1v) is 6.90. The first-order chi connectivity index (χ1) is 7.90. The fourth-order valence-corrected chi connectivity index (χ4v) is 3.56. The van der Waals surface area contributed by atoms with Crippen LogP contribution in [0.15, 0.2) is 0 Å². The lowest BCUT2D eigenvalue weighted by atomic mass is 9.82. The van der Waals surface area contributed by atoms with Crippen LogP contribution in [-0.4, -0.2) is 37.0 Å². The number of likely N-dealkylation sites (tertiary alicyclic amines) is 1. The third kappa shape index (κ3) is 2.65. The first-order valence-electron chi connectivity index (χ1n) is 6.90. The molecule has 0 aromatic carbocycles. The van der Waals surface area contributed by atoms with Gasteiger partial charge in [-0.3, -0.25) is 4.79 Å². The predicted molar refractivity (Wildman–Crippen MR) is 69.7 cm³/mol. The molecule has 2 heterocycles. The third-order valence-electron chi connectivity index (χ3n) is 4.17. The summed E-state index contributed by atoms with van der Waals surface area (Å²) >= 11 is 0. The molecule has 2 aliphatic rings. The number of carbonyl (C=O) groups excluding carboxylic acids is 1. The molecule has 0 aromatic heterocycles. The average Bonchev–Trinajstić information content (AvgIpc) is 2.72. The summed E-state index contributed by atoms with van der Waals surface area (Å²) < 4.78 is 0. The number of amides is 1. The monoisotopic (exact) mass is 238 g/mol. The van der Waals surface area contributed by atoms with Gasteiger partial charge in [0.05, 0.1) is 0 Å². The number of carbonyl (C=O) groups is 1. The number of nitrogens with zero attached hydrogens (tertiary/aromatic N) is 1. The summed E-state index contributed by atoms with van der Waals surface area (Å²) in [6.45, 7) is 12.7. The summed E-state index contributed by atoms with van der Waals surface area (Å²) in [5, 5.41) is 3.42. The minimum absolute atomic E-state index is 0.194. The lowest BCUT2D eigenvalue weighted by molar-refractivity contribution is -0.140. The van der Waals surface area contributed by atoms with Crippen LogP contribution in [0.25, 0.3) is 0 Å². The Morgan fingerprint density at radius 1 is 1.29 bits per heavy atom. The molecule has 17 heavy (non-hydrogen) atoms. The fourth-order valence-electron chi connectivity index (χ4n) is 3.56. The first kappa shape index (κ1) is 12.9. The summed E-state index contributed by atoms with van der Waals surface area (Å²) in [6.07, 6.45) is 0.982. The van der Waals surface area contributed by atoms with Crippen LogP contribution in [0.2, 0.25) is 0 Å². The third-order valence-corrected chi connectivity index (χ3v) is 4.17. The molecular formula is C14H26N2O. The molecule has 0 bridgehead atoms. The van der Waals surface area contributed by atoms with Crippen LogP contribution < -0.4 is 5.32 Å². The van der Waals surface area contributed by atoms with E-state index in [-0.39, 0.29) is 5.41 Å². The van der Waals surface area contributed by atoms with Crippen molar-refractivity contribution in [2.45, 2.75) is 34.1 Å². The fraction of sp³-hybridized carbons (Fsp3) is 0.929. The van der Waals surface area contributed by atoms with Crippen molar-refractivity contribution in [3.8, 4) is 0 Å². The van der Waals surface area contributed by atoms with Crippen molar-refractivity contribution in [2.75, 3.05) is 26.2 Å². The number of nitrogens with one attached hydrogen (secondary N) is 1. The van der Waals surface area contributed by atoms with E-state index in [2.05, 4.69) is 37.9 Å². The maximum absolute atomic E-state index is 12.5. The van der Waals surface area contributed by atoms with Crippen LogP contribution in [-0.2, 0) is 4.79 Å². The van der Waals surface area contributed by atoms with Crippen LogP contribution in [0.5, 0.6) is 0 Å². The van der Waals surface area contributed by atoms with E-state index in [4.69, 9.17) is 0 Å². The van der Waals surface area contributed by atoms with Crippen LogP contribution in [0.3, 0.4) is 0 Å². The average molecular weight is 238 g/mol. The molecule has 2 aliphatic heterocycles. The molecule has 0 unspecified atom stereocenters. The Hall–Kier alpha value is -0.570. The molecule has 0 aliphatic carbocycles. The highest BCUT2D eigenvalue weighted by atomic mass is 16.2. The second-order valence-electron chi connectivity index (χ2n) is 6.87. The van der Waals surface area contributed by atoms with Gasteiger partial charge in [0, 0.05) is 31.6 Å². The number of hydrogen-bond acceptors (Lipinski definition) is 2.